The molecule has 1 fully saturated rings. The van der Waals surface area contributed by atoms with Crippen molar-refractivity contribution in [3.05, 3.63) is 42.6 Å². The van der Waals surface area contributed by atoms with Gasteiger partial charge in [0.1, 0.15) is 11.6 Å². The monoisotopic (exact) mass is 395 g/mol. The van der Waals surface area contributed by atoms with Crippen molar-refractivity contribution in [1.82, 2.24) is 19.5 Å². The minimum absolute atomic E-state index is 0.112. The lowest BCUT2D eigenvalue weighted by molar-refractivity contribution is 0.0751. The summed E-state index contributed by atoms with van der Waals surface area (Å²) in [5.74, 6) is 1.63. The van der Waals surface area contributed by atoms with E-state index in [1.54, 1.807) is 12.0 Å². The summed E-state index contributed by atoms with van der Waals surface area (Å²) in [6, 6.07) is 11.8. The maximum Gasteiger partial charge on any atom is 0.410 e. The summed E-state index contributed by atoms with van der Waals surface area (Å²) in [5, 5.41) is 4.82. The molecule has 0 spiro atoms. The summed E-state index contributed by atoms with van der Waals surface area (Å²) >= 11 is 0. The van der Waals surface area contributed by atoms with Crippen LogP contribution in [0.15, 0.2) is 42.6 Å². The van der Waals surface area contributed by atoms with Crippen LogP contribution in [0.2, 0.25) is 0 Å². The topological polar surface area (TPSA) is 72.2 Å². The molecule has 1 aliphatic rings. The van der Waals surface area contributed by atoms with Crippen molar-refractivity contribution < 1.29 is 14.3 Å². The Balaban J connectivity index is 1.56. The molecule has 0 radical (unpaired) electrons. The molecule has 1 aromatic carbocycles. The van der Waals surface area contributed by atoms with Gasteiger partial charge in [-0.25, -0.2) is 14.3 Å². The third-order valence-electron chi connectivity index (χ3n) is 4.93. The highest BCUT2D eigenvalue weighted by molar-refractivity contribution is 5.70. The molecular formula is C21H25N5O3. The number of methoxy groups -OCH3 is 1. The molecule has 8 heteroatoms. The lowest BCUT2D eigenvalue weighted by Crippen LogP contribution is -2.49. The maximum atomic E-state index is 12.1. The molecule has 1 aliphatic heterocycles. The molecule has 0 aliphatic carbocycles. The lowest BCUT2D eigenvalue weighted by atomic mass is 10.1. The number of rotatable bonds is 4. The van der Waals surface area contributed by atoms with E-state index in [9.17, 15) is 4.79 Å². The molecule has 152 valence electrons. The van der Waals surface area contributed by atoms with E-state index < -0.39 is 0 Å². The fourth-order valence-electron chi connectivity index (χ4n) is 3.47. The number of anilines is 1. The minimum atomic E-state index is -0.254. The SMILES string of the molecule is COc1ccccc1-c1cnc2ccc(N3CCN(C(=O)OC(C)C)CC3)nn12. The number of carbonyl (C=O) groups excluding carboxylic acids is 1. The van der Waals surface area contributed by atoms with Gasteiger partial charge in [-0.15, -0.1) is 5.10 Å². The predicted octanol–water partition coefficient (Wildman–Crippen LogP) is 3.07. The highest BCUT2D eigenvalue weighted by Crippen LogP contribution is 2.30. The number of ether oxygens (including phenoxy) is 2. The molecule has 0 unspecified atom stereocenters. The normalized spacial score (nSPS) is 14.5. The van der Waals surface area contributed by atoms with Gasteiger partial charge in [0.25, 0.3) is 0 Å². The van der Waals surface area contributed by atoms with Crippen molar-refractivity contribution in [2.45, 2.75) is 20.0 Å². The second-order valence-electron chi connectivity index (χ2n) is 7.21. The summed E-state index contributed by atoms with van der Waals surface area (Å²) in [5.41, 5.74) is 2.58. The Morgan fingerprint density at radius 2 is 1.83 bits per heavy atom. The summed E-state index contributed by atoms with van der Waals surface area (Å²) in [6.07, 6.45) is 1.44. The molecule has 3 heterocycles. The van der Waals surface area contributed by atoms with Crippen molar-refractivity contribution in [2.75, 3.05) is 38.2 Å². The number of fused-ring (bicyclic) bond motifs is 1. The first kappa shape index (κ1) is 19.0. The van der Waals surface area contributed by atoms with E-state index in [1.165, 1.54) is 0 Å². The number of piperazine rings is 1. The molecule has 2 aromatic heterocycles. The van der Waals surface area contributed by atoms with Crippen LogP contribution >= 0.6 is 0 Å². The van der Waals surface area contributed by atoms with Gasteiger partial charge in [0.2, 0.25) is 0 Å². The van der Waals surface area contributed by atoms with E-state index >= 15 is 0 Å². The fraction of sp³-hybridized carbons (Fsp3) is 0.381. The van der Waals surface area contributed by atoms with E-state index in [-0.39, 0.29) is 12.2 Å². The minimum Gasteiger partial charge on any atom is -0.496 e. The number of benzene rings is 1. The molecule has 8 nitrogen and oxygen atoms in total. The first-order chi connectivity index (χ1) is 14.1. The van der Waals surface area contributed by atoms with E-state index in [2.05, 4.69) is 9.88 Å². The first-order valence-electron chi connectivity index (χ1n) is 9.75. The maximum absolute atomic E-state index is 12.1. The molecule has 1 saturated heterocycles. The fourth-order valence-corrected chi connectivity index (χ4v) is 3.47. The molecule has 3 aromatic rings. The van der Waals surface area contributed by atoms with Gasteiger partial charge in [-0.05, 0) is 38.1 Å². The van der Waals surface area contributed by atoms with E-state index in [0.29, 0.717) is 26.2 Å². The predicted molar refractivity (Wildman–Crippen MR) is 110 cm³/mol. The highest BCUT2D eigenvalue weighted by atomic mass is 16.6. The van der Waals surface area contributed by atoms with Gasteiger partial charge in [0, 0.05) is 31.7 Å². The zero-order valence-corrected chi connectivity index (χ0v) is 16.9. The number of hydrogen-bond donors (Lipinski definition) is 0. The average molecular weight is 395 g/mol. The van der Waals surface area contributed by atoms with Gasteiger partial charge < -0.3 is 19.3 Å². The molecule has 0 saturated carbocycles. The van der Waals surface area contributed by atoms with Crippen molar-refractivity contribution in [2.24, 2.45) is 0 Å². The van der Waals surface area contributed by atoms with Crippen molar-refractivity contribution >= 4 is 17.6 Å². The van der Waals surface area contributed by atoms with Crippen LogP contribution in [0.25, 0.3) is 16.9 Å². The number of nitrogens with zero attached hydrogens (tertiary/aromatic N) is 5. The Labute approximate surface area is 169 Å². The molecule has 0 atom stereocenters. The Kier molecular flexibility index (Phi) is 5.24. The number of carbonyl (C=O) groups is 1. The zero-order valence-electron chi connectivity index (χ0n) is 16.9. The average Bonchev–Trinajstić information content (AvgIpc) is 3.16. The van der Waals surface area contributed by atoms with Gasteiger partial charge in [-0.1, -0.05) is 12.1 Å². The van der Waals surface area contributed by atoms with Crippen LogP contribution in [-0.2, 0) is 4.74 Å². The number of amides is 1. The molecule has 29 heavy (non-hydrogen) atoms. The first-order valence-corrected chi connectivity index (χ1v) is 9.75. The Bertz CT molecular complexity index is 1010. The Hall–Kier alpha value is -3.29. The summed E-state index contributed by atoms with van der Waals surface area (Å²) in [4.78, 5) is 20.5. The van der Waals surface area contributed by atoms with Gasteiger partial charge in [0.15, 0.2) is 5.65 Å². The van der Waals surface area contributed by atoms with E-state index in [4.69, 9.17) is 14.6 Å². The lowest BCUT2D eigenvalue weighted by Gasteiger charge is -2.35. The molecule has 4 rings (SSSR count). The largest absolute Gasteiger partial charge is 0.496 e. The van der Waals surface area contributed by atoms with Gasteiger partial charge in [-0.3, -0.25) is 0 Å². The summed E-state index contributed by atoms with van der Waals surface area (Å²) in [6.45, 7) is 6.33. The Morgan fingerprint density at radius 1 is 1.07 bits per heavy atom. The number of para-hydroxylation sites is 1. The van der Waals surface area contributed by atoms with Gasteiger partial charge in [-0.2, -0.15) is 0 Å². The van der Waals surface area contributed by atoms with Crippen LogP contribution in [0.3, 0.4) is 0 Å². The summed E-state index contributed by atoms with van der Waals surface area (Å²) < 4.78 is 12.6. The van der Waals surface area contributed by atoms with E-state index in [0.717, 1.165) is 28.5 Å². The molecular weight excluding hydrogens is 370 g/mol. The van der Waals surface area contributed by atoms with E-state index in [1.807, 2.05) is 61.0 Å². The number of imidazole rings is 1. The second-order valence-corrected chi connectivity index (χ2v) is 7.21. The standard InChI is InChI=1S/C21H25N5O3/c1-15(2)29-21(27)25-12-10-24(11-13-25)20-9-8-19-22-14-17(26(19)23-20)16-6-4-5-7-18(16)28-3/h4-9,14-15H,10-13H2,1-3H3. The van der Waals surface area contributed by atoms with Crippen molar-refractivity contribution in [3.63, 3.8) is 0 Å². The molecule has 0 N–H and O–H groups in total. The van der Waals surface area contributed by atoms with Crippen LogP contribution in [-0.4, -0.2) is 65.0 Å². The summed E-state index contributed by atoms with van der Waals surface area (Å²) in [7, 11) is 1.66. The van der Waals surface area contributed by atoms with Gasteiger partial charge in [0.05, 0.1) is 25.1 Å². The van der Waals surface area contributed by atoms with Crippen LogP contribution in [0.4, 0.5) is 10.6 Å². The second kappa shape index (κ2) is 7.98. The van der Waals surface area contributed by atoms with Crippen LogP contribution in [0, 0.1) is 0 Å². The third kappa shape index (κ3) is 3.83. The van der Waals surface area contributed by atoms with Gasteiger partial charge >= 0.3 is 6.09 Å². The number of aromatic nitrogens is 3. The third-order valence-corrected chi connectivity index (χ3v) is 4.93. The highest BCUT2D eigenvalue weighted by Gasteiger charge is 2.24. The molecule has 0 bridgehead atoms. The van der Waals surface area contributed by atoms with Crippen molar-refractivity contribution in [3.8, 4) is 17.0 Å². The quantitative estimate of drug-likeness (QED) is 0.676. The van der Waals surface area contributed by atoms with Crippen molar-refractivity contribution in [1.29, 1.82) is 0 Å². The van der Waals surface area contributed by atoms with Crippen LogP contribution < -0.4 is 9.64 Å². The number of hydrogen-bond acceptors (Lipinski definition) is 6. The van der Waals surface area contributed by atoms with Crippen LogP contribution in [0.5, 0.6) is 5.75 Å². The zero-order chi connectivity index (χ0) is 20.4. The molecule has 1 amide bonds. The smallest absolute Gasteiger partial charge is 0.410 e. The Morgan fingerprint density at radius 3 is 2.55 bits per heavy atom. The van der Waals surface area contributed by atoms with Crippen LogP contribution in [0.1, 0.15) is 13.8 Å².